The van der Waals surface area contributed by atoms with E-state index in [1.165, 1.54) is 16.9 Å². The lowest BCUT2D eigenvalue weighted by Crippen LogP contribution is -2.35. The lowest BCUT2D eigenvalue weighted by molar-refractivity contribution is -0.124. The van der Waals surface area contributed by atoms with Crippen LogP contribution in [0.5, 0.6) is 0 Å². The van der Waals surface area contributed by atoms with Crippen molar-refractivity contribution in [1.29, 1.82) is 0 Å². The summed E-state index contributed by atoms with van der Waals surface area (Å²) in [5, 5.41) is 13.5. The summed E-state index contributed by atoms with van der Waals surface area (Å²) in [6, 6.07) is 10.3. The molecule has 0 aliphatic heterocycles. The summed E-state index contributed by atoms with van der Waals surface area (Å²) in [5.74, 6) is -0.332. The van der Waals surface area contributed by atoms with E-state index in [0.717, 1.165) is 6.42 Å². The molecule has 1 aliphatic rings. The van der Waals surface area contributed by atoms with Crippen LogP contribution in [0.15, 0.2) is 35.8 Å². The second kappa shape index (κ2) is 6.92. The van der Waals surface area contributed by atoms with Crippen LogP contribution < -0.4 is 10.6 Å². The molecule has 0 bridgehead atoms. The van der Waals surface area contributed by atoms with Gasteiger partial charge in [-0.3, -0.25) is 9.59 Å². The molecular weight excluding hydrogens is 336 g/mol. The minimum Gasteiger partial charge on any atom is -0.355 e. The molecule has 25 heavy (non-hydrogen) atoms. The van der Waals surface area contributed by atoms with E-state index in [1.807, 2.05) is 18.2 Å². The molecule has 0 radical (unpaired) electrons. The first kappa shape index (κ1) is 17.5. The van der Waals surface area contributed by atoms with Crippen molar-refractivity contribution in [2.24, 2.45) is 5.41 Å². The van der Waals surface area contributed by atoms with Gasteiger partial charge in [0.2, 0.25) is 16.9 Å². The molecule has 1 atom stereocenters. The Labute approximate surface area is 151 Å². The zero-order valence-corrected chi connectivity index (χ0v) is 15.2. The molecule has 3 rings (SSSR count). The van der Waals surface area contributed by atoms with Gasteiger partial charge < -0.3 is 10.6 Å². The smallest absolute Gasteiger partial charge is 0.226 e. The monoisotopic (exact) mass is 358 g/mol. The van der Waals surface area contributed by atoms with Gasteiger partial charge in [-0.25, -0.2) is 0 Å². The summed E-state index contributed by atoms with van der Waals surface area (Å²) in [4.78, 5) is 24.0. The molecule has 1 saturated carbocycles. The molecule has 0 unspecified atom stereocenters. The van der Waals surface area contributed by atoms with Gasteiger partial charge in [0.25, 0.3) is 0 Å². The van der Waals surface area contributed by atoms with Crippen molar-refractivity contribution in [2.75, 3.05) is 11.9 Å². The number of amides is 2. The number of benzene rings is 1. The third-order valence-corrected chi connectivity index (χ3v) is 5.62. The van der Waals surface area contributed by atoms with Gasteiger partial charge >= 0.3 is 0 Å². The summed E-state index contributed by atoms with van der Waals surface area (Å²) in [5.41, 5.74) is 2.95. The van der Waals surface area contributed by atoms with Crippen LogP contribution in [0.1, 0.15) is 38.7 Å². The normalized spacial score (nSPS) is 20.7. The quantitative estimate of drug-likeness (QED) is 0.797. The van der Waals surface area contributed by atoms with Crippen LogP contribution in [0.3, 0.4) is 0 Å². The Morgan fingerprint density at radius 1 is 1.16 bits per heavy atom. The first-order chi connectivity index (χ1) is 11.9. The summed E-state index contributed by atoms with van der Waals surface area (Å²) in [6.45, 7) is 5.05. The Kier molecular flexibility index (Phi) is 4.85. The van der Waals surface area contributed by atoms with Crippen LogP contribution in [0.2, 0.25) is 0 Å². The van der Waals surface area contributed by atoms with Crippen LogP contribution in [0, 0.1) is 5.41 Å². The van der Waals surface area contributed by atoms with Gasteiger partial charge in [0.1, 0.15) is 5.51 Å². The van der Waals surface area contributed by atoms with Crippen molar-refractivity contribution >= 4 is 28.3 Å². The maximum Gasteiger partial charge on any atom is 0.226 e. The number of rotatable bonds is 7. The van der Waals surface area contributed by atoms with Crippen LogP contribution in [0.4, 0.5) is 5.13 Å². The number of hydrogen-bond donors (Lipinski definition) is 2. The fraction of sp³-hybridized carbons (Fsp3) is 0.444. The van der Waals surface area contributed by atoms with Crippen molar-refractivity contribution in [3.8, 4) is 0 Å². The highest BCUT2D eigenvalue weighted by atomic mass is 32.1. The number of anilines is 1. The summed E-state index contributed by atoms with van der Waals surface area (Å²) >= 11 is 1.25. The number of carbonyl (C=O) groups excluding carboxylic acids is 2. The minimum absolute atomic E-state index is 0.0151. The summed E-state index contributed by atoms with van der Waals surface area (Å²) in [7, 11) is 0. The van der Waals surface area contributed by atoms with Gasteiger partial charge in [0, 0.05) is 24.8 Å². The molecular formula is C18H22N4O2S. The van der Waals surface area contributed by atoms with E-state index in [-0.39, 0.29) is 35.5 Å². The van der Waals surface area contributed by atoms with Gasteiger partial charge in [-0.05, 0) is 17.4 Å². The van der Waals surface area contributed by atoms with E-state index in [0.29, 0.717) is 11.7 Å². The highest BCUT2D eigenvalue weighted by molar-refractivity contribution is 7.13. The molecule has 2 amide bonds. The zero-order chi connectivity index (χ0) is 17.9. The molecule has 1 aromatic heterocycles. The SMILES string of the molecule is CC1(C)C[C@]1(CNC(=O)CCC(=O)Nc1nncs1)c1ccccc1. The van der Waals surface area contributed by atoms with E-state index in [1.54, 1.807) is 5.51 Å². The molecule has 0 spiro atoms. The molecule has 2 aromatic rings. The first-order valence-electron chi connectivity index (χ1n) is 8.31. The minimum atomic E-state index is -0.226. The van der Waals surface area contributed by atoms with Crippen LogP contribution >= 0.6 is 11.3 Å². The predicted molar refractivity (Wildman–Crippen MR) is 97.3 cm³/mol. The Balaban J connectivity index is 1.49. The van der Waals surface area contributed by atoms with E-state index >= 15 is 0 Å². The van der Waals surface area contributed by atoms with Crippen LogP contribution in [-0.4, -0.2) is 28.6 Å². The fourth-order valence-corrected chi connectivity index (χ4v) is 3.80. The second-order valence-corrected chi connectivity index (χ2v) is 7.91. The molecule has 1 fully saturated rings. The van der Waals surface area contributed by atoms with Crippen molar-refractivity contribution < 1.29 is 9.59 Å². The number of hydrogen-bond acceptors (Lipinski definition) is 5. The summed E-state index contributed by atoms with van der Waals surface area (Å²) in [6.07, 6.45) is 1.34. The Bertz CT molecular complexity index is 746. The van der Waals surface area contributed by atoms with E-state index in [9.17, 15) is 9.59 Å². The van der Waals surface area contributed by atoms with Crippen LogP contribution in [-0.2, 0) is 15.0 Å². The van der Waals surface area contributed by atoms with E-state index < -0.39 is 0 Å². The highest BCUT2D eigenvalue weighted by Crippen LogP contribution is 2.63. The maximum absolute atomic E-state index is 12.2. The first-order valence-corrected chi connectivity index (χ1v) is 9.19. The Morgan fingerprint density at radius 2 is 1.84 bits per heavy atom. The second-order valence-electron chi connectivity index (χ2n) is 7.08. The Hall–Kier alpha value is -2.28. The maximum atomic E-state index is 12.2. The Morgan fingerprint density at radius 3 is 2.44 bits per heavy atom. The molecule has 7 heteroatoms. The van der Waals surface area contributed by atoms with Crippen molar-refractivity contribution in [2.45, 2.75) is 38.5 Å². The third kappa shape index (κ3) is 3.87. The van der Waals surface area contributed by atoms with Crippen molar-refractivity contribution in [1.82, 2.24) is 15.5 Å². The highest BCUT2D eigenvalue weighted by Gasteiger charge is 2.61. The molecule has 132 valence electrons. The lowest BCUT2D eigenvalue weighted by Gasteiger charge is -2.22. The molecule has 1 aromatic carbocycles. The van der Waals surface area contributed by atoms with Crippen LogP contribution in [0.25, 0.3) is 0 Å². The summed E-state index contributed by atoms with van der Waals surface area (Å²) < 4.78 is 0. The van der Waals surface area contributed by atoms with Gasteiger partial charge in [0.05, 0.1) is 0 Å². The zero-order valence-electron chi connectivity index (χ0n) is 14.4. The molecule has 6 nitrogen and oxygen atoms in total. The van der Waals surface area contributed by atoms with Gasteiger partial charge in [0.15, 0.2) is 0 Å². The van der Waals surface area contributed by atoms with E-state index in [4.69, 9.17) is 0 Å². The molecule has 1 aliphatic carbocycles. The average Bonchev–Trinajstić information content (AvgIpc) is 2.93. The van der Waals surface area contributed by atoms with Gasteiger partial charge in [-0.2, -0.15) is 0 Å². The predicted octanol–water partition coefficient (Wildman–Crippen LogP) is 2.74. The van der Waals surface area contributed by atoms with Gasteiger partial charge in [-0.15, -0.1) is 10.2 Å². The van der Waals surface area contributed by atoms with Crippen molar-refractivity contribution in [3.05, 3.63) is 41.4 Å². The number of carbonyl (C=O) groups is 2. The van der Waals surface area contributed by atoms with Crippen molar-refractivity contribution in [3.63, 3.8) is 0 Å². The fourth-order valence-electron chi connectivity index (χ4n) is 3.34. The molecule has 1 heterocycles. The average molecular weight is 358 g/mol. The number of aromatic nitrogens is 2. The largest absolute Gasteiger partial charge is 0.355 e. The number of nitrogens with one attached hydrogen (secondary N) is 2. The topological polar surface area (TPSA) is 84.0 Å². The molecule has 2 N–H and O–H groups in total. The molecule has 0 saturated heterocycles. The number of nitrogens with zero attached hydrogens (tertiary/aromatic N) is 2. The van der Waals surface area contributed by atoms with Gasteiger partial charge in [-0.1, -0.05) is 55.5 Å². The van der Waals surface area contributed by atoms with E-state index in [2.05, 4.69) is 46.8 Å². The standard InChI is InChI=1S/C18H22N4O2S/c1-17(2)10-18(17,13-6-4-3-5-7-13)11-19-14(23)8-9-15(24)21-16-22-20-12-25-16/h3-7,12H,8-11H2,1-2H3,(H,19,23)(H,21,22,24)/t18-/m0/s1. The third-order valence-electron chi connectivity index (χ3n) is 5.01. The lowest BCUT2D eigenvalue weighted by atomic mass is 9.88.